The zero-order chi connectivity index (χ0) is 14.3. The number of nitrogens with zero attached hydrogens (tertiary/aromatic N) is 1. The van der Waals surface area contributed by atoms with Crippen LogP contribution < -0.4 is 11.1 Å². The normalized spacial score (nSPS) is 9.68. The zero-order valence-corrected chi connectivity index (χ0v) is 11.7. The summed E-state index contributed by atoms with van der Waals surface area (Å²) >= 11 is 0. The van der Waals surface area contributed by atoms with Crippen molar-refractivity contribution in [2.75, 3.05) is 13.6 Å². The van der Waals surface area contributed by atoms with Crippen LogP contribution in [0.4, 0.5) is 0 Å². The van der Waals surface area contributed by atoms with Crippen LogP contribution in [0.1, 0.15) is 29.8 Å². The Bertz CT molecular complexity index is 552. The molecule has 0 unspecified atom stereocenters. The predicted molar refractivity (Wildman–Crippen MR) is 79.2 cm³/mol. The third-order valence-electron chi connectivity index (χ3n) is 2.74. The molecule has 0 saturated heterocycles. The van der Waals surface area contributed by atoms with Gasteiger partial charge >= 0.3 is 0 Å². The molecule has 0 bridgehead atoms. The summed E-state index contributed by atoms with van der Waals surface area (Å²) in [4.78, 5) is 16.1. The largest absolute Gasteiger partial charge is 0.355 e. The van der Waals surface area contributed by atoms with E-state index in [1.165, 1.54) is 0 Å². The van der Waals surface area contributed by atoms with Gasteiger partial charge in [0.25, 0.3) is 5.91 Å². The number of pyridine rings is 1. The lowest BCUT2D eigenvalue weighted by atomic mass is 10.0. The maximum absolute atomic E-state index is 11.7. The summed E-state index contributed by atoms with van der Waals surface area (Å²) in [6, 6.07) is 7.57. The van der Waals surface area contributed by atoms with Crippen LogP contribution in [0.25, 0.3) is 10.9 Å². The highest BCUT2D eigenvalue weighted by molar-refractivity contribution is 6.06. The number of hydrogen-bond donors (Lipinski definition) is 2. The van der Waals surface area contributed by atoms with E-state index < -0.39 is 0 Å². The van der Waals surface area contributed by atoms with Gasteiger partial charge in [-0.1, -0.05) is 32.0 Å². The minimum Gasteiger partial charge on any atom is -0.355 e. The Balaban J connectivity index is 0.000000861. The molecular formula is C15H21N3O. The van der Waals surface area contributed by atoms with Gasteiger partial charge in [0, 0.05) is 18.6 Å². The average Bonchev–Trinajstić information content (AvgIpc) is 2.48. The minimum absolute atomic E-state index is 0.0951. The molecule has 1 aromatic carbocycles. The lowest BCUT2D eigenvalue weighted by molar-refractivity contribution is 0.0964. The molecule has 4 nitrogen and oxygen atoms in total. The molecule has 0 aliphatic carbocycles. The fraction of sp³-hybridized carbons (Fsp3) is 0.333. The second-order valence-corrected chi connectivity index (χ2v) is 3.79. The van der Waals surface area contributed by atoms with Gasteiger partial charge in [-0.3, -0.25) is 9.78 Å². The number of aromatic nitrogens is 1. The molecule has 2 aromatic rings. The van der Waals surface area contributed by atoms with Crippen molar-refractivity contribution < 1.29 is 4.79 Å². The van der Waals surface area contributed by atoms with E-state index in [4.69, 9.17) is 5.73 Å². The lowest BCUT2D eigenvalue weighted by Gasteiger charge is -2.08. The Labute approximate surface area is 114 Å². The van der Waals surface area contributed by atoms with Crippen LogP contribution in [0.15, 0.2) is 30.5 Å². The molecule has 1 amide bonds. The van der Waals surface area contributed by atoms with Crippen LogP contribution >= 0.6 is 0 Å². The minimum atomic E-state index is -0.0951. The first kappa shape index (κ1) is 15.1. The molecule has 2 rings (SSSR count). The number of para-hydroxylation sites is 1. The number of nitrogens with one attached hydrogen (secondary N) is 1. The summed E-state index contributed by atoms with van der Waals surface area (Å²) in [6.45, 7) is 4.57. The van der Waals surface area contributed by atoms with E-state index in [-0.39, 0.29) is 5.91 Å². The Morgan fingerprint density at radius 3 is 2.68 bits per heavy atom. The fourth-order valence-corrected chi connectivity index (χ4v) is 1.93. The maximum Gasteiger partial charge on any atom is 0.251 e. The molecule has 0 spiro atoms. The number of fused-ring (bicyclic) bond motifs is 1. The van der Waals surface area contributed by atoms with E-state index in [0.717, 1.165) is 22.9 Å². The standard InChI is InChI=1S/C13H15N3O.C2H6/c1-15-13(17)11-6-8-16-12-9(5-7-14)3-2-4-10(11)12;1-2/h2-4,6,8H,5,7,14H2,1H3,(H,15,17);1-2H3. The molecule has 4 heteroatoms. The predicted octanol–water partition coefficient (Wildman–Crippen LogP) is 2.12. The quantitative estimate of drug-likeness (QED) is 0.887. The zero-order valence-electron chi connectivity index (χ0n) is 11.7. The van der Waals surface area contributed by atoms with Gasteiger partial charge in [-0.05, 0) is 24.6 Å². The van der Waals surface area contributed by atoms with E-state index >= 15 is 0 Å². The first-order valence-electron chi connectivity index (χ1n) is 6.56. The van der Waals surface area contributed by atoms with Gasteiger partial charge in [0.15, 0.2) is 0 Å². The number of amides is 1. The molecule has 1 aromatic heterocycles. The van der Waals surface area contributed by atoms with E-state index in [0.29, 0.717) is 12.1 Å². The van der Waals surface area contributed by atoms with Gasteiger partial charge in [0.2, 0.25) is 0 Å². The summed E-state index contributed by atoms with van der Waals surface area (Å²) in [5.74, 6) is -0.0951. The molecule has 0 saturated carbocycles. The molecule has 0 aliphatic heterocycles. The fourth-order valence-electron chi connectivity index (χ4n) is 1.93. The molecule has 0 radical (unpaired) electrons. The van der Waals surface area contributed by atoms with Gasteiger partial charge < -0.3 is 11.1 Å². The summed E-state index contributed by atoms with van der Waals surface area (Å²) in [6.07, 6.45) is 2.43. The Morgan fingerprint density at radius 2 is 2.05 bits per heavy atom. The van der Waals surface area contributed by atoms with E-state index in [1.54, 1.807) is 19.3 Å². The van der Waals surface area contributed by atoms with Gasteiger partial charge in [-0.2, -0.15) is 0 Å². The van der Waals surface area contributed by atoms with Crippen molar-refractivity contribution in [3.05, 3.63) is 41.6 Å². The Morgan fingerprint density at radius 1 is 1.32 bits per heavy atom. The summed E-state index contributed by atoms with van der Waals surface area (Å²) in [5.41, 5.74) is 8.16. The van der Waals surface area contributed by atoms with Gasteiger partial charge in [0.05, 0.1) is 11.1 Å². The molecular weight excluding hydrogens is 238 g/mol. The number of carbonyl (C=O) groups excluding carboxylic acids is 1. The van der Waals surface area contributed by atoms with Crippen molar-refractivity contribution >= 4 is 16.8 Å². The molecule has 3 N–H and O–H groups in total. The number of carbonyl (C=O) groups is 1. The first-order chi connectivity index (χ1) is 9.27. The van der Waals surface area contributed by atoms with Gasteiger partial charge in [-0.25, -0.2) is 0 Å². The second kappa shape index (κ2) is 7.48. The van der Waals surface area contributed by atoms with Crippen LogP contribution in [-0.4, -0.2) is 24.5 Å². The second-order valence-electron chi connectivity index (χ2n) is 3.79. The molecule has 0 fully saturated rings. The highest BCUT2D eigenvalue weighted by atomic mass is 16.1. The third kappa shape index (κ3) is 3.29. The van der Waals surface area contributed by atoms with Crippen LogP contribution in [0.3, 0.4) is 0 Å². The van der Waals surface area contributed by atoms with Crippen molar-refractivity contribution in [2.45, 2.75) is 20.3 Å². The van der Waals surface area contributed by atoms with Crippen LogP contribution in [-0.2, 0) is 6.42 Å². The first-order valence-corrected chi connectivity index (χ1v) is 6.56. The van der Waals surface area contributed by atoms with E-state index in [1.807, 2.05) is 32.0 Å². The van der Waals surface area contributed by atoms with Crippen molar-refractivity contribution in [1.82, 2.24) is 10.3 Å². The van der Waals surface area contributed by atoms with Crippen LogP contribution in [0.5, 0.6) is 0 Å². The van der Waals surface area contributed by atoms with Crippen molar-refractivity contribution in [3.8, 4) is 0 Å². The molecule has 1 heterocycles. The number of hydrogen-bond acceptors (Lipinski definition) is 3. The van der Waals surface area contributed by atoms with Crippen LogP contribution in [0.2, 0.25) is 0 Å². The van der Waals surface area contributed by atoms with Gasteiger partial charge in [0.1, 0.15) is 0 Å². The van der Waals surface area contributed by atoms with Crippen molar-refractivity contribution in [1.29, 1.82) is 0 Å². The number of benzene rings is 1. The highest BCUT2D eigenvalue weighted by Crippen LogP contribution is 2.20. The SMILES string of the molecule is CC.CNC(=O)c1ccnc2c(CCN)cccc12. The van der Waals surface area contributed by atoms with Crippen LogP contribution in [0, 0.1) is 0 Å². The highest BCUT2D eigenvalue weighted by Gasteiger charge is 2.10. The van der Waals surface area contributed by atoms with Crippen molar-refractivity contribution in [3.63, 3.8) is 0 Å². The van der Waals surface area contributed by atoms with Gasteiger partial charge in [-0.15, -0.1) is 0 Å². The number of nitrogens with two attached hydrogens (primary N) is 1. The van der Waals surface area contributed by atoms with E-state index in [2.05, 4.69) is 10.3 Å². The number of rotatable bonds is 3. The van der Waals surface area contributed by atoms with E-state index in [9.17, 15) is 4.79 Å². The summed E-state index contributed by atoms with van der Waals surface area (Å²) in [7, 11) is 1.62. The summed E-state index contributed by atoms with van der Waals surface area (Å²) in [5, 5.41) is 3.51. The Kier molecular flexibility index (Phi) is 5.96. The Hall–Kier alpha value is -1.94. The molecule has 19 heavy (non-hydrogen) atoms. The lowest BCUT2D eigenvalue weighted by Crippen LogP contribution is -2.18. The third-order valence-corrected chi connectivity index (χ3v) is 2.74. The average molecular weight is 259 g/mol. The topological polar surface area (TPSA) is 68.0 Å². The molecule has 102 valence electrons. The summed E-state index contributed by atoms with van der Waals surface area (Å²) < 4.78 is 0. The molecule has 0 atom stereocenters. The maximum atomic E-state index is 11.7. The smallest absolute Gasteiger partial charge is 0.251 e. The van der Waals surface area contributed by atoms with Crippen molar-refractivity contribution in [2.24, 2.45) is 5.73 Å². The molecule has 0 aliphatic rings. The monoisotopic (exact) mass is 259 g/mol.